The SMILES string of the molecule is CC(C)C1(Br)C=CC=C(C(=O)O)C1O. The second-order valence-corrected chi connectivity index (χ2v) is 5.04. The Balaban J connectivity index is 3.05. The summed E-state index contributed by atoms with van der Waals surface area (Å²) >= 11 is 3.39. The Bertz CT molecular complexity index is 306. The maximum Gasteiger partial charge on any atom is 0.334 e. The molecule has 14 heavy (non-hydrogen) atoms. The van der Waals surface area contributed by atoms with Crippen molar-refractivity contribution in [3.8, 4) is 0 Å². The fourth-order valence-corrected chi connectivity index (χ4v) is 1.82. The van der Waals surface area contributed by atoms with E-state index in [1.54, 1.807) is 12.2 Å². The third-order valence-corrected chi connectivity index (χ3v) is 4.09. The van der Waals surface area contributed by atoms with Crippen molar-refractivity contribution in [1.82, 2.24) is 0 Å². The molecule has 3 nitrogen and oxygen atoms in total. The molecule has 0 saturated carbocycles. The van der Waals surface area contributed by atoms with Gasteiger partial charge in [-0.2, -0.15) is 0 Å². The van der Waals surface area contributed by atoms with Gasteiger partial charge in [0, 0.05) is 0 Å². The minimum Gasteiger partial charge on any atom is -0.478 e. The van der Waals surface area contributed by atoms with Gasteiger partial charge in [0.25, 0.3) is 0 Å². The monoisotopic (exact) mass is 260 g/mol. The average molecular weight is 261 g/mol. The van der Waals surface area contributed by atoms with Crippen molar-refractivity contribution in [2.45, 2.75) is 24.3 Å². The normalized spacial score (nSPS) is 31.8. The fraction of sp³-hybridized carbons (Fsp3) is 0.500. The van der Waals surface area contributed by atoms with Crippen LogP contribution in [0.5, 0.6) is 0 Å². The predicted molar refractivity (Wildman–Crippen MR) is 57.4 cm³/mol. The summed E-state index contributed by atoms with van der Waals surface area (Å²) < 4.78 is -0.671. The van der Waals surface area contributed by atoms with Crippen LogP contribution in [0.1, 0.15) is 13.8 Å². The van der Waals surface area contributed by atoms with Gasteiger partial charge in [0.1, 0.15) is 6.10 Å². The number of aliphatic carboxylic acids is 1. The summed E-state index contributed by atoms with van der Waals surface area (Å²) in [7, 11) is 0. The minimum atomic E-state index is -1.08. The molecule has 0 aromatic rings. The van der Waals surface area contributed by atoms with E-state index in [0.29, 0.717) is 0 Å². The Morgan fingerprint density at radius 2 is 2.21 bits per heavy atom. The number of aliphatic hydroxyl groups excluding tert-OH is 1. The Morgan fingerprint density at radius 3 is 2.64 bits per heavy atom. The number of carbonyl (C=O) groups is 1. The Kier molecular flexibility index (Phi) is 3.17. The lowest BCUT2D eigenvalue weighted by atomic mass is 9.83. The van der Waals surface area contributed by atoms with Gasteiger partial charge in [-0.25, -0.2) is 4.79 Å². The number of hydrogen-bond donors (Lipinski definition) is 2. The van der Waals surface area contributed by atoms with E-state index in [2.05, 4.69) is 15.9 Å². The van der Waals surface area contributed by atoms with Crippen LogP contribution < -0.4 is 0 Å². The van der Waals surface area contributed by atoms with Gasteiger partial charge in [0.15, 0.2) is 0 Å². The zero-order valence-corrected chi connectivity index (χ0v) is 9.65. The van der Waals surface area contributed by atoms with E-state index in [-0.39, 0.29) is 11.5 Å². The van der Waals surface area contributed by atoms with E-state index in [1.165, 1.54) is 6.08 Å². The molecule has 1 aliphatic rings. The summed E-state index contributed by atoms with van der Waals surface area (Å²) in [5.41, 5.74) is 0.0260. The molecule has 0 saturated heterocycles. The van der Waals surface area contributed by atoms with E-state index in [0.717, 1.165) is 0 Å². The molecule has 0 spiro atoms. The second kappa shape index (κ2) is 3.87. The highest BCUT2D eigenvalue weighted by Crippen LogP contribution is 2.38. The number of alkyl halides is 1. The number of carboxylic acid groups (broad SMARTS) is 1. The van der Waals surface area contributed by atoms with Gasteiger partial charge < -0.3 is 10.2 Å². The number of halogens is 1. The summed E-state index contributed by atoms with van der Waals surface area (Å²) in [6.07, 6.45) is 3.86. The van der Waals surface area contributed by atoms with Crippen LogP contribution in [0.2, 0.25) is 0 Å². The van der Waals surface area contributed by atoms with Crippen LogP contribution in [-0.4, -0.2) is 26.6 Å². The lowest BCUT2D eigenvalue weighted by Gasteiger charge is -2.35. The van der Waals surface area contributed by atoms with Gasteiger partial charge in [-0.15, -0.1) is 0 Å². The molecule has 0 aromatic heterocycles. The first-order valence-corrected chi connectivity index (χ1v) is 5.18. The highest BCUT2D eigenvalue weighted by Gasteiger charge is 2.41. The van der Waals surface area contributed by atoms with E-state index >= 15 is 0 Å². The third-order valence-electron chi connectivity index (χ3n) is 2.47. The number of rotatable bonds is 2. The minimum absolute atomic E-state index is 0.0260. The first-order chi connectivity index (χ1) is 6.39. The predicted octanol–water partition coefficient (Wildman–Crippen LogP) is 1.72. The lowest BCUT2D eigenvalue weighted by Crippen LogP contribution is -2.43. The van der Waals surface area contributed by atoms with Gasteiger partial charge in [-0.05, 0) is 12.0 Å². The van der Waals surface area contributed by atoms with Gasteiger partial charge in [0.05, 0.1) is 9.90 Å². The van der Waals surface area contributed by atoms with E-state index in [1.807, 2.05) is 13.8 Å². The van der Waals surface area contributed by atoms with E-state index in [4.69, 9.17) is 5.11 Å². The molecular formula is C10H13BrO3. The van der Waals surface area contributed by atoms with E-state index in [9.17, 15) is 9.90 Å². The van der Waals surface area contributed by atoms with Gasteiger partial charge in [0.2, 0.25) is 0 Å². The highest BCUT2D eigenvalue weighted by molar-refractivity contribution is 9.10. The Labute approximate surface area is 91.3 Å². The third kappa shape index (κ3) is 1.77. The van der Waals surface area contributed by atoms with Crippen LogP contribution >= 0.6 is 15.9 Å². The summed E-state index contributed by atoms with van der Waals surface area (Å²) in [6, 6.07) is 0. The van der Waals surface area contributed by atoms with Crippen molar-refractivity contribution < 1.29 is 15.0 Å². The molecule has 0 bridgehead atoms. The van der Waals surface area contributed by atoms with Crippen LogP contribution in [0.15, 0.2) is 23.8 Å². The van der Waals surface area contributed by atoms with Crippen LogP contribution in [0, 0.1) is 5.92 Å². The molecule has 2 N–H and O–H groups in total. The molecule has 1 aliphatic carbocycles. The fourth-order valence-electron chi connectivity index (χ4n) is 1.42. The maximum atomic E-state index is 10.8. The summed E-state index contributed by atoms with van der Waals surface area (Å²) in [5.74, 6) is -0.969. The Morgan fingerprint density at radius 1 is 1.64 bits per heavy atom. The van der Waals surface area contributed by atoms with Gasteiger partial charge in [-0.1, -0.05) is 41.9 Å². The maximum absolute atomic E-state index is 10.8. The van der Waals surface area contributed by atoms with Crippen molar-refractivity contribution in [3.05, 3.63) is 23.8 Å². The summed E-state index contributed by atoms with van der Waals surface area (Å²) in [5, 5.41) is 18.7. The van der Waals surface area contributed by atoms with Crippen molar-refractivity contribution in [2.24, 2.45) is 5.92 Å². The molecule has 0 fully saturated rings. The number of carboxylic acids is 1. The zero-order valence-electron chi connectivity index (χ0n) is 8.07. The quantitative estimate of drug-likeness (QED) is 0.744. The summed E-state index contributed by atoms with van der Waals surface area (Å²) in [6.45, 7) is 3.85. The zero-order chi connectivity index (χ0) is 10.9. The average Bonchev–Trinajstić information content (AvgIpc) is 2.09. The first kappa shape index (κ1) is 11.5. The molecule has 2 unspecified atom stereocenters. The van der Waals surface area contributed by atoms with Crippen molar-refractivity contribution in [3.63, 3.8) is 0 Å². The van der Waals surface area contributed by atoms with Crippen molar-refractivity contribution in [2.75, 3.05) is 0 Å². The largest absolute Gasteiger partial charge is 0.478 e. The lowest BCUT2D eigenvalue weighted by molar-refractivity contribution is -0.134. The molecule has 0 amide bonds. The molecule has 0 aromatic carbocycles. The van der Waals surface area contributed by atoms with Gasteiger partial charge in [-0.3, -0.25) is 0 Å². The molecule has 0 radical (unpaired) electrons. The molecule has 0 aliphatic heterocycles. The first-order valence-electron chi connectivity index (χ1n) is 4.39. The highest BCUT2D eigenvalue weighted by atomic mass is 79.9. The smallest absolute Gasteiger partial charge is 0.334 e. The Hall–Kier alpha value is -0.610. The molecular weight excluding hydrogens is 248 g/mol. The topological polar surface area (TPSA) is 57.5 Å². The molecule has 4 heteroatoms. The van der Waals surface area contributed by atoms with Crippen LogP contribution in [0.4, 0.5) is 0 Å². The van der Waals surface area contributed by atoms with Gasteiger partial charge >= 0.3 is 5.97 Å². The number of hydrogen-bond acceptors (Lipinski definition) is 2. The van der Waals surface area contributed by atoms with Crippen molar-refractivity contribution >= 4 is 21.9 Å². The number of aliphatic hydroxyl groups is 1. The van der Waals surface area contributed by atoms with Crippen LogP contribution in [0.25, 0.3) is 0 Å². The standard InChI is InChI=1S/C10H13BrO3/c1-6(2)10(11)5-3-4-7(8(10)12)9(13)14/h3-6,8,12H,1-2H3,(H,13,14). The number of allylic oxidation sites excluding steroid dienone is 2. The van der Waals surface area contributed by atoms with Crippen LogP contribution in [-0.2, 0) is 4.79 Å². The summed E-state index contributed by atoms with van der Waals surface area (Å²) in [4.78, 5) is 10.8. The second-order valence-electron chi connectivity index (χ2n) is 3.67. The van der Waals surface area contributed by atoms with Crippen LogP contribution in [0.3, 0.4) is 0 Å². The molecule has 1 rings (SSSR count). The van der Waals surface area contributed by atoms with Crippen molar-refractivity contribution in [1.29, 1.82) is 0 Å². The molecule has 2 atom stereocenters. The molecule has 78 valence electrons. The molecule has 0 heterocycles. The van der Waals surface area contributed by atoms with E-state index < -0.39 is 16.4 Å².